The van der Waals surface area contributed by atoms with E-state index in [-0.39, 0.29) is 11.9 Å². The summed E-state index contributed by atoms with van der Waals surface area (Å²) in [5.74, 6) is -0.220. The number of aliphatic hydroxyl groups is 1. The predicted octanol–water partition coefficient (Wildman–Crippen LogP) is 2.89. The van der Waals surface area contributed by atoms with Gasteiger partial charge >= 0.3 is 0 Å². The molecule has 116 valence electrons. The number of halogens is 1. The summed E-state index contributed by atoms with van der Waals surface area (Å²) in [6, 6.07) is 6.54. The van der Waals surface area contributed by atoms with Crippen molar-refractivity contribution in [3.8, 4) is 0 Å². The van der Waals surface area contributed by atoms with Crippen LogP contribution in [0.15, 0.2) is 24.3 Å². The van der Waals surface area contributed by atoms with Gasteiger partial charge in [0.2, 0.25) is 0 Å². The Hall–Kier alpha value is -0.970. The lowest BCUT2D eigenvalue weighted by atomic mass is 9.84. The smallest absolute Gasteiger partial charge is 0.123 e. The fraction of sp³-hybridized carbons (Fsp3) is 0.647. The minimum absolute atomic E-state index is 0.0217. The molecule has 1 atom stereocenters. The zero-order valence-corrected chi connectivity index (χ0v) is 12.4. The number of morpholine rings is 1. The number of benzene rings is 1. The first-order valence-electron chi connectivity index (χ1n) is 7.96. The van der Waals surface area contributed by atoms with Crippen LogP contribution in [0.5, 0.6) is 0 Å². The number of nitrogens with zero attached hydrogens (tertiary/aromatic N) is 1. The molecule has 1 aromatic rings. The number of ether oxygens (including phenoxy) is 1. The van der Waals surface area contributed by atoms with E-state index in [0.717, 1.165) is 50.9 Å². The molecule has 1 saturated carbocycles. The summed E-state index contributed by atoms with van der Waals surface area (Å²) >= 11 is 0. The van der Waals surface area contributed by atoms with E-state index in [9.17, 15) is 9.50 Å². The lowest BCUT2D eigenvalue weighted by Gasteiger charge is -2.40. The van der Waals surface area contributed by atoms with Crippen LogP contribution in [-0.2, 0) is 4.74 Å². The van der Waals surface area contributed by atoms with Crippen molar-refractivity contribution in [2.45, 2.75) is 43.8 Å². The van der Waals surface area contributed by atoms with Crippen molar-refractivity contribution in [2.24, 2.45) is 0 Å². The summed E-state index contributed by atoms with van der Waals surface area (Å²) in [6.45, 7) is 3.03. The first-order valence-corrected chi connectivity index (χ1v) is 7.96. The number of hydrogen-bond acceptors (Lipinski definition) is 3. The molecule has 0 radical (unpaired) electrons. The van der Waals surface area contributed by atoms with Gasteiger partial charge in [-0.2, -0.15) is 0 Å². The van der Waals surface area contributed by atoms with Crippen molar-refractivity contribution in [1.82, 2.24) is 4.90 Å². The molecule has 1 aliphatic heterocycles. The van der Waals surface area contributed by atoms with Crippen LogP contribution in [0.25, 0.3) is 0 Å². The van der Waals surface area contributed by atoms with Crippen LogP contribution in [0.2, 0.25) is 0 Å². The van der Waals surface area contributed by atoms with Crippen molar-refractivity contribution in [2.75, 3.05) is 26.2 Å². The molecule has 2 fully saturated rings. The van der Waals surface area contributed by atoms with Crippen molar-refractivity contribution in [3.05, 3.63) is 35.6 Å². The van der Waals surface area contributed by atoms with Crippen LogP contribution in [0.4, 0.5) is 4.39 Å². The van der Waals surface area contributed by atoms with Crippen LogP contribution < -0.4 is 0 Å². The average Bonchev–Trinajstić information content (AvgIpc) is 2.48. The third-order valence-corrected chi connectivity index (χ3v) is 4.69. The van der Waals surface area contributed by atoms with E-state index in [0.29, 0.717) is 6.61 Å². The molecule has 21 heavy (non-hydrogen) atoms. The first kappa shape index (κ1) is 14.9. The van der Waals surface area contributed by atoms with E-state index >= 15 is 0 Å². The Labute approximate surface area is 125 Å². The minimum atomic E-state index is -0.525. The Balaban J connectivity index is 1.61. The Morgan fingerprint density at radius 3 is 2.62 bits per heavy atom. The second-order valence-corrected chi connectivity index (χ2v) is 6.43. The van der Waals surface area contributed by atoms with Gasteiger partial charge in [0.05, 0.1) is 18.3 Å². The molecule has 0 amide bonds. The van der Waals surface area contributed by atoms with E-state index in [1.807, 2.05) is 0 Å². The minimum Gasteiger partial charge on any atom is -0.389 e. The second-order valence-electron chi connectivity index (χ2n) is 6.43. The van der Waals surface area contributed by atoms with Crippen LogP contribution in [0.1, 0.15) is 43.8 Å². The summed E-state index contributed by atoms with van der Waals surface area (Å²) in [5.41, 5.74) is 0.486. The molecule has 1 heterocycles. The molecule has 1 aliphatic carbocycles. The number of hydrogen-bond donors (Lipinski definition) is 1. The summed E-state index contributed by atoms with van der Waals surface area (Å²) in [7, 11) is 0. The maximum atomic E-state index is 13.0. The highest BCUT2D eigenvalue weighted by Crippen LogP contribution is 2.30. The Kier molecular flexibility index (Phi) is 4.57. The number of rotatable bonds is 3. The highest BCUT2D eigenvalue weighted by atomic mass is 19.1. The third kappa shape index (κ3) is 3.82. The fourth-order valence-electron chi connectivity index (χ4n) is 3.51. The first-order chi connectivity index (χ1) is 10.1. The molecule has 0 bridgehead atoms. The molecule has 1 aromatic carbocycles. The van der Waals surface area contributed by atoms with Crippen LogP contribution in [-0.4, -0.2) is 41.8 Å². The van der Waals surface area contributed by atoms with Gasteiger partial charge in [0.1, 0.15) is 5.82 Å². The molecule has 2 aliphatic rings. The Morgan fingerprint density at radius 2 is 1.90 bits per heavy atom. The van der Waals surface area contributed by atoms with Gasteiger partial charge in [0.15, 0.2) is 0 Å². The molecular formula is C17H24FNO2. The normalized spacial score (nSPS) is 26.7. The summed E-state index contributed by atoms with van der Waals surface area (Å²) in [5, 5.41) is 10.7. The van der Waals surface area contributed by atoms with Gasteiger partial charge in [-0.25, -0.2) is 4.39 Å². The molecule has 3 nitrogen and oxygen atoms in total. The van der Waals surface area contributed by atoms with E-state index in [1.54, 1.807) is 12.1 Å². The largest absolute Gasteiger partial charge is 0.389 e. The highest BCUT2D eigenvalue weighted by molar-refractivity contribution is 5.19. The fourth-order valence-corrected chi connectivity index (χ4v) is 3.51. The molecule has 1 N–H and O–H groups in total. The van der Waals surface area contributed by atoms with Crippen molar-refractivity contribution < 1.29 is 14.2 Å². The van der Waals surface area contributed by atoms with Crippen molar-refractivity contribution in [3.63, 3.8) is 0 Å². The SMILES string of the molecule is OC1(CN2CCOC(c3ccc(F)cc3)C2)CCCCC1. The van der Waals surface area contributed by atoms with E-state index in [2.05, 4.69) is 4.90 Å². The topological polar surface area (TPSA) is 32.7 Å². The van der Waals surface area contributed by atoms with Crippen LogP contribution in [0, 0.1) is 5.82 Å². The quantitative estimate of drug-likeness (QED) is 0.930. The van der Waals surface area contributed by atoms with E-state index in [4.69, 9.17) is 4.74 Å². The lowest BCUT2D eigenvalue weighted by molar-refractivity contribution is -0.0766. The molecule has 3 rings (SSSR count). The van der Waals surface area contributed by atoms with Crippen molar-refractivity contribution >= 4 is 0 Å². The van der Waals surface area contributed by atoms with Crippen molar-refractivity contribution in [1.29, 1.82) is 0 Å². The zero-order valence-electron chi connectivity index (χ0n) is 12.4. The van der Waals surface area contributed by atoms with Gasteiger partial charge in [-0.3, -0.25) is 4.90 Å². The average molecular weight is 293 g/mol. The molecule has 0 aromatic heterocycles. The van der Waals surface area contributed by atoms with Crippen LogP contribution in [0.3, 0.4) is 0 Å². The predicted molar refractivity (Wildman–Crippen MR) is 79.6 cm³/mol. The molecule has 0 spiro atoms. The van der Waals surface area contributed by atoms with Gasteiger partial charge in [-0.1, -0.05) is 31.4 Å². The van der Waals surface area contributed by atoms with E-state index < -0.39 is 5.60 Å². The Morgan fingerprint density at radius 1 is 1.19 bits per heavy atom. The Bertz CT molecular complexity index is 456. The molecule has 4 heteroatoms. The highest BCUT2D eigenvalue weighted by Gasteiger charge is 2.33. The molecule has 1 saturated heterocycles. The maximum absolute atomic E-state index is 13.0. The van der Waals surface area contributed by atoms with Gasteiger partial charge in [0.25, 0.3) is 0 Å². The maximum Gasteiger partial charge on any atom is 0.123 e. The zero-order chi connectivity index (χ0) is 14.7. The summed E-state index contributed by atoms with van der Waals surface area (Å²) < 4.78 is 18.8. The summed E-state index contributed by atoms with van der Waals surface area (Å²) in [4.78, 5) is 2.29. The van der Waals surface area contributed by atoms with Crippen LogP contribution >= 0.6 is 0 Å². The second kappa shape index (κ2) is 6.42. The lowest BCUT2D eigenvalue weighted by Crippen LogP contribution is -2.49. The van der Waals surface area contributed by atoms with Gasteiger partial charge in [0, 0.05) is 19.6 Å². The van der Waals surface area contributed by atoms with Gasteiger partial charge in [-0.15, -0.1) is 0 Å². The van der Waals surface area contributed by atoms with E-state index in [1.165, 1.54) is 18.6 Å². The monoisotopic (exact) mass is 293 g/mol. The summed E-state index contributed by atoms with van der Waals surface area (Å²) in [6.07, 6.45) is 5.29. The standard InChI is InChI=1S/C17H24FNO2/c18-15-6-4-14(5-7-15)16-12-19(10-11-21-16)13-17(20)8-2-1-3-9-17/h4-7,16,20H,1-3,8-13H2. The van der Waals surface area contributed by atoms with Gasteiger partial charge < -0.3 is 9.84 Å². The molecule has 1 unspecified atom stereocenters. The van der Waals surface area contributed by atoms with Gasteiger partial charge in [-0.05, 0) is 30.5 Å². The number of β-amino-alcohol motifs (C(OH)–C–C–N with tert-alkyl or cyclic N) is 1. The molecular weight excluding hydrogens is 269 g/mol. The third-order valence-electron chi connectivity index (χ3n) is 4.69.